The lowest BCUT2D eigenvalue weighted by molar-refractivity contribution is -0.111. The van der Waals surface area contributed by atoms with Gasteiger partial charge in [-0.05, 0) is 67.3 Å². The van der Waals surface area contributed by atoms with E-state index in [1.54, 1.807) is 20.3 Å². The number of carbonyl (C=O) groups excluding carboxylic acids is 1. The Labute approximate surface area is 160 Å². The average Bonchev–Trinajstić information content (AvgIpc) is 2.73. The van der Waals surface area contributed by atoms with Crippen LogP contribution in [0.4, 0.5) is 11.4 Å². The summed E-state index contributed by atoms with van der Waals surface area (Å²) in [6, 6.07) is 13.6. The normalized spacial score (nSPS) is 14.2. The van der Waals surface area contributed by atoms with Crippen LogP contribution in [-0.4, -0.2) is 33.2 Å². The van der Waals surface area contributed by atoms with Crippen molar-refractivity contribution < 1.29 is 14.3 Å². The molecule has 0 unspecified atom stereocenters. The molecule has 5 heteroatoms. The monoisotopic (exact) mass is 366 g/mol. The van der Waals surface area contributed by atoms with E-state index in [1.165, 1.54) is 31.0 Å². The molecule has 1 amide bonds. The Morgan fingerprint density at radius 3 is 2.33 bits per heavy atom. The minimum absolute atomic E-state index is 0.171. The number of carbonyl (C=O) groups is 1. The number of rotatable bonds is 6. The SMILES string of the molecule is COc1ccc(/C=C/C(=O)Nc2ccc(N3CCCCC3)cc2)cc1OC. The van der Waals surface area contributed by atoms with Gasteiger partial charge in [0.05, 0.1) is 14.2 Å². The van der Waals surface area contributed by atoms with E-state index in [-0.39, 0.29) is 5.91 Å². The lowest BCUT2D eigenvalue weighted by Crippen LogP contribution is -2.29. The minimum Gasteiger partial charge on any atom is -0.493 e. The second-order valence-corrected chi connectivity index (χ2v) is 6.53. The van der Waals surface area contributed by atoms with Crippen LogP contribution in [0.5, 0.6) is 11.5 Å². The number of hydrogen-bond acceptors (Lipinski definition) is 4. The van der Waals surface area contributed by atoms with E-state index in [4.69, 9.17) is 9.47 Å². The number of nitrogens with one attached hydrogen (secondary N) is 1. The first-order valence-electron chi connectivity index (χ1n) is 9.26. The number of ether oxygens (including phenoxy) is 2. The van der Waals surface area contributed by atoms with Crippen molar-refractivity contribution in [3.63, 3.8) is 0 Å². The second kappa shape index (κ2) is 9.12. The third-order valence-electron chi connectivity index (χ3n) is 4.69. The van der Waals surface area contributed by atoms with Crippen molar-refractivity contribution in [2.75, 3.05) is 37.5 Å². The molecule has 27 heavy (non-hydrogen) atoms. The molecule has 1 saturated heterocycles. The summed E-state index contributed by atoms with van der Waals surface area (Å²) in [5.74, 6) is 1.12. The Balaban J connectivity index is 1.59. The zero-order valence-corrected chi connectivity index (χ0v) is 15.9. The van der Waals surface area contributed by atoms with Gasteiger partial charge in [-0.3, -0.25) is 4.79 Å². The van der Waals surface area contributed by atoms with Crippen molar-refractivity contribution >= 4 is 23.4 Å². The van der Waals surface area contributed by atoms with Gasteiger partial charge in [-0.25, -0.2) is 0 Å². The summed E-state index contributed by atoms with van der Waals surface area (Å²) >= 11 is 0. The predicted molar refractivity (Wildman–Crippen MR) is 110 cm³/mol. The van der Waals surface area contributed by atoms with E-state index in [0.717, 1.165) is 24.3 Å². The maximum absolute atomic E-state index is 12.2. The van der Waals surface area contributed by atoms with Crippen LogP contribution in [-0.2, 0) is 4.79 Å². The molecule has 0 saturated carbocycles. The number of piperidine rings is 1. The molecule has 1 heterocycles. The van der Waals surface area contributed by atoms with Crippen molar-refractivity contribution in [2.45, 2.75) is 19.3 Å². The average molecular weight is 366 g/mol. The van der Waals surface area contributed by atoms with E-state index in [9.17, 15) is 4.79 Å². The van der Waals surface area contributed by atoms with E-state index < -0.39 is 0 Å². The number of amides is 1. The fourth-order valence-electron chi connectivity index (χ4n) is 3.22. The third kappa shape index (κ3) is 5.03. The predicted octanol–water partition coefficient (Wildman–Crippen LogP) is 4.35. The van der Waals surface area contributed by atoms with Gasteiger partial charge in [0.1, 0.15) is 0 Å². The summed E-state index contributed by atoms with van der Waals surface area (Å²) < 4.78 is 10.5. The zero-order valence-electron chi connectivity index (χ0n) is 15.9. The molecule has 5 nitrogen and oxygen atoms in total. The molecule has 1 N–H and O–H groups in total. The van der Waals surface area contributed by atoms with Crippen LogP contribution in [0.3, 0.4) is 0 Å². The fourth-order valence-corrected chi connectivity index (χ4v) is 3.22. The van der Waals surface area contributed by atoms with E-state index >= 15 is 0 Å². The quantitative estimate of drug-likeness (QED) is 0.773. The summed E-state index contributed by atoms with van der Waals surface area (Å²) in [6.45, 7) is 2.22. The first kappa shape index (κ1) is 18.8. The van der Waals surface area contributed by atoms with Crippen LogP contribution in [0.2, 0.25) is 0 Å². The molecule has 1 fully saturated rings. The smallest absolute Gasteiger partial charge is 0.248 e. The van der Waals surface area contributed by atoms with Gasteiger partial charge in [0, 0.05) is 30.5 Å². The maximum atomic E-state index is 12.2. The topological polar surface area (TPSA) is 50.8 Å². The van der Waals surface area contributed by atoms with Crippen LogP contribution in [0, 0.1) is 0 Å². The molecule has 2 aromatic carbocycles. The molecule has 0 aliphatic carbocycles. The summed E-state index contributed by atoms with van der Waals surface area (Å²) in [6.07, 6.45) is 7.08. The van der Waals surface area contributed by atoms with Crippen LogP contribution < -0.4 is 19.7 Å². The van der Waals surface area contributed by atoms with Gasteiger partial charge < -0.3 is 19.7 Å². The van der Waals surface area contributed by atoms with E-state index in [1.807, 2.05) is 30.3 Å². The standard InChI is InChI=1S/C22H26N2O3/c1-26-20-12-6-17(16-21(20)27-2)7-13-22(25)23-18-8-10-19(11-9-18)24-14-4-3-5-15-24/h6-13,16H,3-5,14-15H2,1-2H3,(H,23,25)/b13-7+. The lowest BCUT2D eigenvalue weighted by atomic mass is 10.1. The highest BCUT2D eigenvalue weighted by Gasteiger charge is 2.10. The molecule has 0 spiro atoms. The van der Waals surface area contributed by atoms with Crippen molar-refractivity contribution in [2.24, 2.45) is 0 Å². The Morgan fingerprint density at radius 2 is 1.67 bits per heavy atom. The van der Waals surface area contributed by atoms with Crippen LogP contribution in [0.25, 0.3) is 6.08 Å². The molecular weight excluding hydrogens is 340 g/mol. The number of hydrogen-bond donors (Lipinski definition) is 1. The van der Waals surface area contributed by atoms with Gasteiger partial charge in [-0.15, -0.1) is 0 Å². The Bertz CT molecular complexity index is 794. The summed E-state index contributed by atoms with van der Waals surface area (Å²) in [7, 11) is 3.18. The molecule has 3 rings (SSSR count). The Kier molecular flexibility index (Phi) is 6.36. The highest BCUT2D eigenvalue weighted by molar-refractivity contribution is 6.02. The molecule has 2 aromatic rings. The number of benzene rings is 2. The van der Waals surface area contributed by atoms with Crippen molar-refractivity contribution in [3.05, 3.63) is 54.1 Å². The minimum atomic E-state index is -0.171. The van der Waals surface area contributed by atoms with E-state index in [0.29, 0.717) is 11.5 Å². The summed E-state index contributed by atoms with van der Waals surface area (Å²) in [5.41, 5.74) is 2.87. The van der Waals surface area contributed by atoms with Crippen LogP contribution in [0.15, 0.2) is 48.5 Å². The first-order chi connectivity index (χ1) is 13.2. The Hall–Kier alpha value is -2.95. The summed E-state index contributed by atoms with van der Waals surface area (Å²) in [4.78, 5) is 14.6. The van der Waals surface area contributed by atoms with E-state index in [2.05, 4.69) is 22.3 Å². The molecule has 142 valence electrons. The van der Waals surface area contributed by atoms with Crippen molar-refractivity contribution in [1.82, 2.24) is 0 Å². The third-order valence-corrected chi connectivity index (χ3v) is 4.69. The zero-order chi connectivity index (χ0) is 19.1. The molecular formula is C22H26N2O3. The molecule has 0 bridgehead atoms. The number of anilines is 2. The van der Waals surface area contributed by atoms with Gasteiger partial charge in [-0.1, -0.05) is 6.07 Å². The highest BCUT2D eigenvalue weighted by atomic mass is 16.5. The van der Waals surface area contributed by atoms with Gasteiger partial charge in [0.25, 0.3) is 0 Å². The van der Waals surface area contributed by atoms with Gasteiger partial charge in [0.15, 0.2) is 11.5 Å². The van der Waals surface area contributed by atoms with Crippen LogP contribution >= 0.6 is 0 Å². The van der Waals surface area contributed by atoms with Crippen molar-refractivity contribution in [1.29, 1.82) is 0 Å². The first-order valence-corrected chi connectivity index (χ1v) is 9.26. The lowest BCUT2D eigenvalue weighted by Gasteiger charge is -2.28. The fraction of sp³-hybridized carbons (Fsp3) is 0.318. The van der Waals surface area contributed by atoms with Gasteiger partial charge in [-0.2, -0.15) is 0 Å². The molecule has 0 atom stereocenters. The van der Waals surface area contributed by atoms with Gasteiger partial charge in [0.2, 0.25) is 5.91 Å². The van der Waals surface area contributed by atoms with Crippen LogP contribution in [0.1, 0.15) is 24.8 Å². The molecule has 0 radical (unpaired) electrons. The Morgan fingerprint density at radius 1 is 0.963 bits per heavy atom. The summed E-state index contributed by atoms with van der Waals surface area (Å²) in [5, 5.41) is 2.89. The van der Waals surface area contributed by atoms with Crippen molar-refractivity contribution in [3.8, 4) is 11.5 Å². The molecule has 0 aromatic heterocycles. The number of methoxy groups -OCH3 is 2. The molecule has 1 aliphatic heterocycles. The second-order valence-electron chi connectivity index (χ2n) is 6.53. The van der Waals surface area contributed by atoms with Gasteiger partial charge >= 0.3 is 0 Å². The highest BCUT2D eigenvalue weighted by Crippen LogP contribution is 2.28. The maximum Gasteiger partial charge on any atom is 0.248 e. The molecule has 1 aliphatic rings. The largest absolute Gasteiger partial charge is 0.493 e. The number of nitrogens with zero attached hydrogens (tertiary/aromatic N) is 1.